The summed E-state index contributed by atoms with van der Waals surface area (Å²) in [5.74, 6) is 4.15. The highest BCUT2D eigenvalue weighted by Gasteiger charge is 2.67. The van der Waals surface area contributed by atoms with E-state index < -0.39 is 0 Å². The van der Waals surface area contributed by atoms with Crippen molar-refractivity contribution in [3.63, 3.8) is 0 Å². The fourth-order valence-corrected chi connectivity index (χ4v) is 4.65. The normalized spacial score (nSPS) is 47.7. The van der Waals surface area contributed by atoms with E-state index in [9.17, 15) is 9.90 Å². The number of carbonyl (C=O) groups excluding carboxylic acids is 1. The molecule has 4 aliphatic carbocycles. The van der Waals surface area contributed by atoms with Gasteiger partial charge in [-0.1, -0.05) is 0 Å². The maximum atomic E-state index is 12.1. The molecule has 17 heavy (non-hydrogen) atoms. The van der Waals surface area contributed by atoms with E-state index in [0.717, 1.165) is 24.7 Å². The minimum atomic E-state index is -0.297. The summed E-state index contributed by atoms with van der Waals surface area (Å²) in [6, 6.07) is 0. The van der Waals surface area contributed by atoms with Crippen molar-refractivity contribution in [3.8, 4) is 0 Å². The molecule has 0 saturated heterocycles. The van der Waals surface area contributed by atoms with Gasteiger partial charge in [0, 0.05) is 12.5 Å². The summed E-state index contributed by atoms with van der Waals surface area (Å²) in [6.07, 6.45) is 6.09. The van der Waals surface area contributed by atoms with Gasteiger partial charge in [-0.2, -0.15) is 0 Å². The van der Waals surface area contributed by atoms with Crippen LogP contribution in [-0.4, -0.2) is 23.7 Å². The van der Waals surface area contributed by atoms with Gasteiger partial charge in [-0.25, -0.2) is 0 Å². The van der Waals surface area contributed by atoms with Gasteiger partial charge in [0.05, 0.1) is 6.10 Å². The van der Waals surface area contributed by atoms with Crippen LogP contribution in [0.4, 0.5) is 0 Å². The maximum Gasteiger partial charge on any atom is 0.223 e. The van der Waals surface area contributed by atoms with Gasteiger partial charge in [0.1, 0.15) is 0 Å². The lowest BCUT2D eigenvalue weighted by molar-refractivity contribution is -0.123. The third-order valence-corrected chi connectivity index (χ3v) is 5.69. The Kier molecular flexibility index (Phi) is 2.11. The average molecular weight is 235 g/mol. The minimum absolute atomic E-state index is 0.233. The quantitative estimate of drug-likeness (QED) is 0.768. The molecule has 2 N–H and O–H groups in total. The van der Waals surface area contributed by atoms with Gasteiger partial charge < -0.3 is 10.4 Å². The average Bonchev–Trinajstić information content (AvgIpc) is 3.24. The number of hydrogen-bond acceptors (Lipinski definition) is 2. The van der Waals surface area contributed by atoms with Gasteiger partial charge in [-0.05, 0) is 61.7 Å². The molecule has 0 aromatic rings. The van der Waals surface area contributed by atoms with Crippen LogP contribution in [0.1, 0.15) is 32.1 Å². The summed E-state index contributed by atoms with van der Waals surface area (Å²) in [7, 11) is 0. The van der Waals surface area contributed by atoms with E-state index in [-0.39, 0.29) is 12.0 Å². The van der Waals surface area contributed by atoms with Crippen LogP contribution in [0.3, 0.4) is 0 Å². The number of hydrogen-bond donors (Lipinski definition) is 2. The van der Waals surface area contributed by atoms with Crippen molar-refractivity contribution < 1.29 is 9.90 Å². The van der Waals surface area contributed by atoms with Crippen molar-refractivity contribution in [2.45, 2.75) is 38.2 Å². The summed E-state index contributed by atoms with van der Waals surface area (Å²) in [5.41, 5.74) is 0. The van der Waals surface area contributed by atoms with Gasteiger partial charge in [0.15, 0.2) is 0 Å². The zero-order valence-corrected chi connectivity index (χ0v) is 10.1. The summed E-state index contributed by atoms with van der Waals surface area (Å²) in [5, 5.41) is 12.7. The Morgan fingerprint density at radius 1 is 1.18 bits per heavy atom. The Morgan fingerprint density at radius 3 is 2.41 bits per heavy atom. The third-order valence-electron chi connectivity index (χ3n) is 5.69. The largest absolute Gasteiger partial charge is 0.391 e. The van der Waals surface area contributed by atoms with E-state index >= 15 is 0 Å². The van der Waals surface area contributed by atoms with Crippen LogP contribution in [0.5, 0.6) is 0 Å². The molecule has 94 valence electrons. The Labute approximate surface area is 102 Å². The van der Waals surface area contributed by atoms with Crippen LogP contribution in [0.2, 0.25) is 0 Å². The SMILES string of the molecule is O=C(NCC(O)C1CC1)C1C2C3CCC(C3)C12. The van der Waals surface area contributed by atoms with Gasteiger partial charge in [-0.15, -0.1) is 0 Å². The number of nitrogens with one attached hydrogen (secondary N) is 1. The van der Waals surface area contributed by atoms with Crippen LogP contribution in [0, 0.1) is 35.5 Å². The van der Waals surface area contributed by atoms with Crippen molar-refractivity contribution in [2.24, 2.45) is 35.5 Å². The third kappa shape index (κ3) is 1.55. The van der Waals surface area contributed by atoms with E-state index in [0.29, 0.717) is 30.2 Å². The molecule has 0 heterocycles. The number of aliphatic hydroxyl groups excluding tert-OH is 1. The van der Waals surface area contributed by atoms with Crippen molar-refractivity contribution in [2.75, 3.05) is 6.54 Å². The molecular weight excluding hydrogens is 214 g/mol. The predicted octanol–water partition coefficient (Wildman–Crippen LogP) is 1.17. The van der Waals surface area contributed by atoms with Crippen LogP contribution < -0.4 is 5.32 Å². The molecule has 0 aromatic carbocycles. The fraction of sp³-hybridized carbons (Fsp3) is 0.929. The molecule has 4 saturated carbocycles. The molecule has 4 aliphatic rings. The second-order valence-corrected chi connectivity index (χ2v) is 6.66. The Morgan fingerprint density at radius 2 is 1.82 bits per heavy atom. The van der Waals surface area contributed by atoms with E-state index in [4.69, 9.17) is 0 Å². The van der Waals surface area contributed by atoms with E-state index in [1.165, 1.54) is 19.3 Å². The number of aliphatic hydroxyl groups is 1. The fourth-order valence-electron chi connectivity index (χ4n) is 4.65. The second kappa shape index (κ2) is 3.47. The van der Waals surface area contributed by atoms with E-state index in [1.54, 1.807) is 0 Å². The standard InChI is InChI=1S/C14H21NO2/c16-10(7-1-2-7)6-15-14(17)13-11-8-3-4-9(5-8)12(11)13/h7-13,16H,1-6H2,(H,15,17). The first-order chi connectivity index (χ1) is 8.25. The smallest absolute Gasteiger partial charge is 0.223 e. The molecule has 4 rings (SSSR count). The molecule has 3 heteroatoms. The monoisotopic (exact) mass is 235 g/mol. The molecule has 5 unspecified atom stereocenters. The molecule has 5 atom stereocenters. The van der Waals surface area contributed by atoms with Crippen molar-refractivity contribution in [1.29, 1.82) is 0 Å². The van der Waals surface area contributed by atoms with Gasteiger partial charge in [0.2, 0.25) is 5.91 Å². The summed E-state index contributed by atoms with van der Waals surface area (Å²) >= 11 is 0. The van der Waals surface area contributed by atoms with Crippen molar-refractivity contribution >= 4 is 5.91 Å². The highest BCUT2D eigenvalue weighted by atomic mass is 16.3. The zero-order chi connectivity index (χ0) is 11.6. The Bertz CT molecular complexity index is 336. The molecule has 1 amide bonds. The number of carbonyl (C=O) groups is 1. The Hall–Kier alpha value is -0.570. The van der Waals surface area contributed by atoms with E-state index in [1.807, 2.05) is 0 Å². The summed E-state index contributed by atoms with van der Waals surface area (Å²) in [4.78, 5) is 12.1. The lowest BCUT2D eigenvalue weighted by atomic mass is 10.0. The topological polar surface area (TPSA) is 49.3 Å². The molecule has 2 bridgehead atoms. The molecular formula is C14H21NO2. The zero-order valence-electron chi connectivity index (χ0n) is 10.1. The highest BCUT2D eigenvalue weighted by molar-refractivity contribution is 5.82. The summed E-state index contributed by atoms with van der Waals surface area (Å²) in [6.45, 7) is 0.481. The number of amides is 1. The minimum Gasteiger partial charge on any atom is -0.391 e. The highest BCUT2D eigenvalue weighted by Crippen LogP contribution is 2.69. The van der Waals surface area contributed by atoms with Gasteiger partial charge in [0.25, 0.3) is 0 Å². The molecule has 0 aromatic heterocycles. The van der Waals surface area contributed by atoms with E-state index in [2.05, 4.69) is 5.32 Å². The first-order valence-corrected chi connectivity index (χ1v) is 7.21. The molecule has 0 spiro atoms. The molecule has 3 nitrogen and oxygen atoms in total. The number of rotatable bonds is 4. The van der Waals surface area contributed by atoms with Crippen LogP contribution in [0.25, 0.3) is 0 Å². The lowest BCUT2D eigenvalue weighted by Gasteiger charge is -2.12. The van der Waals surface area contributed by atoms with Crippen LogP contribution in [0.15, 0.2) is 0 Å². The van der Waals surface area contributed by atoms with Crippen molar-refractivity contribution in [3.05, 3.63) is 0 Å². The summed E-state index contributed by atoms with van der Waals surface area (Å²) < 4.78 is 0. The first kappa shape index (κ1) is 10.4. The number of fused-ring (bicyclic) bond motifs is 5. The molecule has 0 aliphatic heterocycles. The molecule has 0 radical (unpaired) electrons. The first-order valence-electron chi connectivity index (χ1n) is 7.21. The van der Waals surface area contributed by atoms with Gasteiger partial charge >= 0.3 is 0 Å². The second-order valence-electron chi connectivity index (χ2n) is 6.66. The van der Waals surface area contributed by atoms with Crippen LogP contribution >= 0.6 is 0 Å². The Balaban J connectivity index is 1.30. The molecule has 4 fully saturated rings. The maximum absolute atomic E-state index is 12.1. The van der Waals surface area contributed by atoms with Crippen LogP contribution in [-0.2, 0) is 4.79 Å². The lowest BCUT2D eigenvalue weighted by Crippen LogP contribution is -2.35. The van der Waals surface area contributed by atoms with Gasteiger partial charge in [-0.3, -0.25) is 4.79 Å². The van der Waals surface area contributed by atoms with Crippen molar-refractivity contribution in [1.82, 2.24) is 5.32 Å². The predicted molar refractivity (Wildman–Crippen MR) is 63.0 cm³/mol.